The largest absolute Gasteiger partial charge is 0.394 e. The van der Waals surface area contributed by atoms with E-state index < -0.39 is 66.6 Å². The van der Waals surface area contributed by atoms with Gasteiger partial charge in [0.05, 0.1) is 31.0 Å². The molecule has 0 spiro atoms. The average Bonchev–Trinajstić information content (AvgIpc) is 2.82. The standard InChI is InChI=1S/C24H43NO10/c1-12-9-24(31-7,35-14(3)13(12)2)19(28)21(29)25-22-18-17(32-11-33-22)20(30-6)23(4,5)16(34-18)8-15(27)10-26/h12-20,22,26-28H,8-11H2,1-7H3,(H,25,29)/t12?,13-,14-,15+,16-,17+,18+,19-,20-,22-,24-/m1/s1. The van der Waals surface area contributed by atoms with Crippen molar-refractivity contribution in [3.8, 4) is 0 Å². The van der Waals surface area contributed by atoms with Crippen molar-refractivity contribution in [2.24, 2.45) is 17.3 Å². The number of methoxy groups -OCH3 is 2. The average molecular weight is 506 g/mol. The maximum absolute atomic E-state index is 13.2. The van der Waals surface area contributed by atoms with Gasteiger partial charge in [-0.15, -0.1) is 0 Å². The van der Waals surface area contributed by atoms with E-state index in [1.54, 1.807) is 7.11 Å². The Balaban J connectivity index is 1.79. The lowest BCUT2D eigenvalue weighted by Crippen LogP contribution is -2.69. The van der Waals surface area contributed by atoms with Gasteiger partial charge in [0, 0.05) is 32.5 Å². The van der Waals surface area contributed by atoms with Crippen LogP contribution in [-0.4, -0.2) is 104 Å². The van der Waals surface area contributed by atoms with Crippen LogP contribution in [0, 0.1) is 17.3 Å². The number of nitrogens with one attached hydrogen (secondary N) is 1. The highest BCUT2D eigenvalue weighted by Gasteiger charge is 2.57. The summed E-state index contributed by atoms with van der Waals surface area (Å²) in [5.74, 6) is -1.81. The van der Waals surface area contributed by atoms with Gasteiger partial charge in [-0.3, -0.25) is 4.79 Å². The molecule has 3 aliphatic rings. The zero-order chi connectivity index (χ0) is 26.1. The molecule has 11 heteroatoms. The second kappa shape index (κ2) is 11.2. The highest BCUT2D eigenvalue weighted by molar-refractivity contribution is 5.82. The molecule has 204 valence electrons. The van der Waals surface area contributed by atoms with Crippen molar-refractivity contribution in [1.29, 1.82) is 0 Å². The smallest absolute Gasteiger partial charge is 0.256 e. The van der Waals surface area contributed by atoms with E-state index in [9.17, 15) is 20.1 Å². The minimum absolute atomic E-state index is 0.108. The molecule has 1 amide bonds. The Bertz CT molecular complexity index is 708. The van der Waals surface area contributed by atoms with Gasteiger partial charge in [0.15, 0.2) is 12.3 Å². The number of carbonyl (C=O) groups excluding carboxylic acids is 1. The van der Waals surface area contributed by atoms with Crippen molar-refractivity contribution in [3.63, 3.8) is 0 Å². The maximum atomic E-state index is 13.2. The van der Waals surface area contributed by atoms with E-state index in [1.807, 2.05) is 27.7 Å². The van der Waals surface area contributed by atoms with E-state index in [0.717, 1.165) is 0 Å². The van der Waals surface area contributed by atoms with Gasteiger partial charge < -0.3 is 49.1 Å². The summed E-state index contributed by atoms with van der Waals surface area (Å²) < 4.78 is 35.2. The number of hydrogen-bond donors (Lipinski definition) is 4. The summed E-state index contributed by atoms with van der Waals surface area (Å²) >= 11 is 0. The number of hydrogen-bond acceptors (Lipinski definition) is 10. The van der Waals surface area contributed by atoms with Crippen molar-refractivity contribution in [1.82, 2.24) is 5.32 Å². The summed E-state index contributed by atoms with van der Waals surface area (Å²) in [4.78, 5) is 13.2. The van der Waals surface area contributed by atoms with E-state index in [2.05, 4.69) is 12.2 Å². The molecule has 1 unspecified atom stereocenters. The van der Waals surface area contributed by atoms with Crippen LogP contribution < -0.4 is 5.32 Å². The van der Waals surface area contributed by atoms with E-state index in [1.165, 1.54) is 7.11 Å². The van der Waals surface area contributed by atoms with Crippen LogP contribution in [0.2, 0.25) is 0 Å². The lowest BCUT2D eigenvalue weighted by Gasteiger charge is -2.54. The number of carbonyl (C=O) groups is 1. The lowest BCUT2D eigenvalue weighted by atomic mass is 9.72. The Morgan fingerprint density at radius 2 is 1.83 bits per heavy atom. The van der Waals surface area contributed by atoms with Gasteiger partial charge in [0.1, 0.15) is 19.0 Å². The van der Waals surface area contributed by atoms with Crippen molar-refractivity contribution in [2.75, 3.05) is 27.6 Å². The summed E-state index contributed by atoms with van der Waals surface area (Å²) in [7, 11) is 2.98. The molecule has 0 aromatic rings. The zero-order valence-corrected chi connectivity index (χ0v) is 21.8. The van der Waals surface area contributed by atoms with Crippen LogP contribution in [0.1, 0.15) is 47.5 Å². The van der Waals surface area contributed by atoms with E-state index >= 15 is 0 Å². The van der Waals surface area contributed by atoms with Crippen LogP contribution in [-0.2, 0) is 33.2 Å². The van der Waals surface area contributed by atoms with Crippen LogP contribution in [0.3, 0.4) is 0 Å². The number of rotatable bonds is 8. The van der Waals surface area contributed by atoms with E-state index in [-0.39, 0.29) is 31.2 Å². The van der Waals surface area contributed by atoms with Gasteiger partial charge in [0.2, 0.25) is 5.79 Å². The fourth-order valence-corrected chi connectivity index (χ4v) is 5.58. The summed E-state index contributed by atoms with van der Waals surface area (Å²) in [5, 5.41) is 33.2. The van der Waals surface area contributed by atoms with Gasteiger partial charge in [-0.2, -0.15) is 0 Å². The maximum Gasteiger partial charge on any atom is 0.256 e. The third kappa shape index (κ3) is 5.53. The molecule has 4 N–H and O–H groups in total. The number of fused-ring (bicyclic) bond motifs is 1. The molecular weight excluding hydrogens is 462 g/mol. The van der Waals surface area contributed by atoms with Crippen LogP contribution in [0.25, 0.3) is 0 Å². The first kappa shape index (κ1) is 28.7. The third-order valence-corrected chi connectivity index (χ3v) is 8.19. The lowest BCUT2D eigenvalue weighted by molar-refractivity contribution is -0.334. The molecule has 3 saturated heterocycles. The Hall–Kier alpha value is -0.890. The number of aliphatic hydroxyl groups excluding tert-OH is 3. The molecule has 3 rings (SSSR count). The summed E-state index contributed by atoms with van der Waals surface area (Å²) in [6, 6.07) is 0. The molecule has 11 atom stereocenters. The van der Waals surface area contributed by atoms with E-state index in [0.29, 0.717) is 6.42 Å². The number of aliphatic hydroxyl groups is 3. The molecule has 0 aromatic carbocycles. The topological polar surface area (TPSA) is 145 Å². The monoisotopic (exact) mass is 505 g/mol. The third-order valence-electron chi connectivity index (χ3n) is 8.19. The Labute approximate surface area is 207 Å². The molecule has 3 fully saturated rings. The van der Waals surface area contributed by atoms with Crippen LogP contribution >= 0.6 is 0 Å². The minimum atomic E-state index is -1.61. The highest BCUT2D eigenvalue weighted by atomic mass is 16.7. The van der Waals surface area contributed by atoms with Crippen molar-refractivity contribution >= 4 is 5.91 Å². The molecule has 0 radical (unpaired) electrons. The number of ether oxygens (including phenoxy) is 6. The molecular formula is C24H43NO10. The second-order valence-corrected chi connectivity index (χ2v) is 10.8. The fraction of sp³-hybridized carbons (Fsp3) is 0.958. The predicted octanol–water partition coefficient (Wildman–Crippen LogP) is 0.138. The van der Waals surface area contributed by atoms with Gasteiger partial charge in [0.25, 0.3) is 5.91 Å². The summed E-state index contributed by atoms with van der Waals surface area (Å²) in [6.45, 7) is 9.36. The van der Waals surface area contributed by atoms with Gasteiger partial charge in [-0.25, -0.2) is 0 Å². The molecule has 0 aliphatic carbocycles. The van der Waals surface area contributed by atoms with Gasteiger partial charge in [-0.1, -0.05) is 27.7 Å². The first-order valence-electron chi connectivity index (χ1n) is 12.3. The van der Waals surface area contributed by atoms with Gasteiger partial charge in [-0.05, 0) is 18.8 Å². The zero-order valence-electron chi connectivity index (χ0n) is 21.8. The quantitative estimate of drug-likeness (QED) is 0.359. The summed E-state index contributed by atoms with van der Waals surface area (Å²) in [5.41, 5.74) is -0.573. The van der Waals surface area contributed by atoms with Crippen molar-refractivity contribution in [3.05, 3.63) is 0 Å². The molecule has 3 aliphatic heterocycles. The second-order valence-electron chi connectivity index (χ2n) is 10.8. The molecule has 0 saturated carbocycles. The molecule has 11 nitrogen and oxygen atoms in total. The molecule has 0 aromatic heterocycles. The normalized spacial score (nSPS) is 43.1. The van der Waals surface area contributed by atoms with Crippen molar-refractivity contribution < 1.29 is 48.5 Å². The highest BCUT2D eigenvalue weighted by Crippen LogP contribution is 2.44. The van der Waals surface area contributed by atoms with E-state index in [4.69, 9.17) is 28.4 Å². The predicted molar refractivity (Wildman–Crippen MR) is 123 cm³/mol. The summed E-state index contributed by atoms with van der Waals surface area (Å²) in [6.07, 6.45) is -5.58. The van der Waals surface area contributed by atoms with Gasteiger partial charge >= 0.3 is 0 Å². The fourth-order valence-electron chi connectivity index (χ4n) is 5.58. The van der Waals surface area contributed by atoms with Crippen LogP contribution in [0.15, 0.2) is 0 Å². The molecule has 3 heterocycles. The Morgan fingerprint density at radius 1 is 1.14 bits per heavy atom. The minimum Gasteiger partial charge on any atom is -0.394 e. The number of amides is 1. The molecule has 35 heavy (non-hydrogen) atoms. The van der Waals surface area contributed by atoms with Crippen LogP contribution in [0.5, 0.6) is 0 Å². The molecule has 0 bridgehead atoms. The SMILES string of the molecule is CO[C@@H]1[C@H]2OCO[C@@H](NC(=O)[C@@H](O)[C@@]3(OC)CC(C)[C@@H](C)[C@@H](C)O3)[C@H]2O[C@H](C[C@H](O)CO)C1(C)C. The Morgan fingerprint density at radius 3 is 2.40 bits per heavy atom. The first-order valence-corrected chi connectivity index (χ1v) is 12.3. The van der Waals surface area contributed by atoms with Crippen molar-refractivity contribution in [2.45, 2.75) is 102 Å². The first-order chi connectivity index (χ1) is 16.4. The Kier molecular flexibility index (Phi) is 9.21. The van der Waals surface area contributed by atoms with Crippen LogP contribution in [0.4, 0.5) is 0 Å².